The minimum absolute atomic E-state index is 0.199. The van der Waals surface area contributed by atoms with Gasteiger partial charge in [-0.15, -0.1) is 0 Å². The summed E-state index contributed by atoms with van der Waals surface area (Å²) >= 11 is 0. The lowest BCUT2D eigenvalue weighted by molar-refractivity contribution is 0.0923. The lowest BCUT2D eigenvalue weighted by Crippen LogP contribution is -2.24. The Hall–Kier alpha value is -2.01. The number of nitrogens with zero attached hydrogens (tertiary/aromatic N) is 2. The van der Waals surface area contributed by atoms with Crippen LogP contribution in [0.3, 0.4) is 0 Å². The molecule has 0 aliphatic heterocycles. The molecule has 0 saturated carbocycles. The summed E-state index contributed by atoms with van der Waals surface area (Å²) in [7, 11) is 0. The van der Waals surface area contributed by atoms with E-state index in [1.54, 1.807) is 18.5 Å². The molecule has 102 valence electrons. The van der Waals surface area contributed by atoms with E-state index >= 15 is 0 Å². The fourth-order valence-corrected chi connectivity index (χ4v) is 1.81. The van der Waals surface area contributed by atoms with Gasteiger partial charge in [0.1, 0.15) is 18.5 Å². The Morgan fingerprint density at radius 2 is 2.11 bits per heavy atom. The Morgan fingerprint density at radius 3 is 2.74 bits per heavy atom. The van der Waals surface area contributed by atoms with Crippen molar-refractivity contribution < 1.29 is 9.84 Å². The van der Waals surface area contributed by atoms with Gasteiger partial charge in [0.15, 0.2) is 0 Å². The van der Waals surface area contributed by atoms with E-state index in [1.165, 1.54) is 0 Å². The highest BCUT2D eigenvalue weighted by Crippen LogP contribution is 2.19. The van der Waals surface area contributed by atoms with E-state index in [4.69, 9.17) is 10.5 Å². The third kappa shape index (κ3) is 3.26. The zero-order chi connectivity index (χ0) is 13.8. The van der Waals surface area contributed by atoms with E-state index in [0.29, 0.717) is 18.0 Å². The van der Waals surface area contributed by atoms with Gasteiger partial charge in [0.25, 0.3) is 0 Å². The second-order valence-electron chi connectivity index (χ2n) is 4.57. The molecule has 1 heterocycles. The lowest BCUT2D eigenvalue weighted by atomic mass is 10.3. The predicted octanol–water partition coefficient (Wildman–Crippen LogP) is 1.52. The minimum atomic E-state index is -0.605. The van der Waals surface area contributed by atoms with Crippen molar-refractivity contribution in [3.05, 3.63) is 42.0 Å². The number of aliphatic hydroxyl groups excluding tert-OH is 1. The molecule has 0 fully saturated rings. The van der Waals surface area contributed by atoms with E-state index < -0.39 is 6.10 Å². The fraction of sp³-hybridized carbons (Fsp3) is 0.357. The first-order chi connectivity index (χ1) is 9.08. The molecule has 2 aromatic rings. The number of para-hydroxylation sites is 2. The first-order valence-corrected chi connectivity index (χ1v) is 6.21. The number of aliphatic hydroxyl groups is 1. The number of aryl methyl sites for hydroxylation is 1. The van der Waals surface area contributed by atoms with Crippen LogP contribution < -0.4 is 10.5 Å². The van der Waals surface area contributed by atoms with Crippen molar-refractivity contribution >= 4 is 5.69 Å². The summed E-state index contributed by atoms with van der Waals surface area (Å²) in [6.07, 6.45) is 1.12. The number of nitrogens with two attached hydrogens (primary N) is 1. The molecule has 0 bridgehead atoms. The summed E-state index contributed by atoms with van der Waals surface area (Å²) in [5.41, 5.74) is 8.37. The SMILES string of the molecule is Cc1ncn(CC(O)COc2ccccc2N)c1C. The van der Waals surface area contributed by atoms with Crippen LogP contribution in [-0.4, -0.2) is 27.4 Å². The van der Waals surface area contributed by atoms with Crippen LogP contribution in [0.25, 0.3) is 0 Å². The van der Waals surface area contributed by atoms with Crippen molar-refractivity contribution in [3.8, 4) is 5.75 Å². The number of ether oxygens (including phenoxy) is 1. The number of aromatic nitrogens is 2. The first kappa shape index (κ1) is 13.4. The van der Waals surface area contributed by atoms with Gasteiger partial charge in [-0.05, 0) is 26.0 Å². The third-order valence-electron chi connectivity index (χ3n) is 3.10. The van der Waals surface area contributed by atoms with Gasteiger partial charge in [-0.2, -0.15) is 0 Å². The summed E-state index contributed by atoms with van der Waals surface area (Å²) < 4.78 is 7.42. The molecule has 5 nitrogen and oxygen atoms in total. The van der Waals surface area contributed by atoms with Crippen LogP contribution >= 0.6 is 0 Å². The number of anilines is 1. The van der Waals surface area contributed by atoms with Gasteiger partial charge in [-0.1, -0.05) is 12.1 Å². The van der Waals surface area contributed by atoms with Gasteiger partial charge >= 0.3 is 0 Å². The molecule has 0 aliphatic rings. The molecule has 19 heavy (non-hydrogen) atoms. The van der Waals surface area contributed by atoms with Gasteiger partial charge in [0.05, 0.1) is 24.3 Å². The van der Waals surface area contributed by atoms with E-state index in [1.807, 2.05) is 30.5 Å². The number of imidazole rings is 1. The van der Waals surface area contributed by atoms with Crippen LogP contribution in [0.15, 0.2) is 30.6 Å². The molecular weight excluding hydrogens is 242 g/mol. The van der Waals surface area contributed by atoms with Crippen molar-refractivity contribution in [1.82, 2.24) is 9.55 Å². The van der Waals surface area contributed by atoms with Crippen LogP contribution in [0.1, 0.15) is 11.4 Å². The van der Waals surface area contributed by atoms with E-state index in [-0.39, 0.29) is 6.61 Å². The Kier molecular flexibility index (Phi) is 4.06. The van der Waals surface area contributed by atoms with Crippen molar-refractivity contribution in [1.29, 1.82) is 0 Å². The largest absolute Gasteiger partial charge is 0.489 e. The topological polar surface area (TPSA) is 73.3 Å². The number of benzene rings is 1. The molecule has 0 saturated heterocycles. The predicted molar refractivity (Wildman–Crippen MR) is 74.1 cm³/mol. The maximum absolute atomic E-state index is 9.97. The molecule has 0 spiro atoms. The number of rotatable bonds is 5. The molecular formula is C14H19N3O2. The lowest BCUT2D eigenvalue weighted by Gasteiger charge is -2.15. The third-order valence-corrected chi connectivity index (χ3v) is 3.10. The van der Waals surface area contributed by atoms with Crippen LogP contribution in [0.2, 0.25) is 0 Å². The summed E-state index contributed by atoms with van der Waals surface area (Å²) in [5.74, 6) is 0.597. The maximum Gasteiger partial charge on any atom is 0.142 e. The average molecular weight is 261 g/mol. The zero-order valence-electron chi connectivity index (χ0n) is 11.2. The quantitative estimate of drug-likeness (QED) is 0.800. The van der Waals surface area contributed by atoms with Gasteiger partial charge in [0, 0.05) is 5.69 Å². The molecule has 0 amide bonds. The average Bonchev–Trinajstić information content (AvgIpc) is 2.70. The maximum atomic E-state index is 9.97. The van der Waals surface area contributed by atoms with Crippen molar-refractivity contribution in [3.63, 3.8) is 0 Å². The molecule has 0 radical (unpaired) electrons. The van der Waals surface area contributed by atoms with Crippen molar-refractivity contribution in [2.24, 2.45) is 0 Å². The molecule has 3 N–H and O–H groups in total. The molecule has 1 unspecified atom stereocenters. The monoisotopic (exact) mass is 261 g/mol. The minimum Gasteiger partial charge on any atom is -0.489 e. The van der Waals surface area contributed by atoms with Crippen LogP contribution in [0.5, 0.6) is 5.75 Å². The first-order valence-electron chi connectivity index (χ1n) is 6.21. The molecule has 1 aromatic heterocycles. The second kappa shape index (κ2) is 5.75. The molecule has 0 aliphatic carbocycles. The molecule has 1 atom stereocenters. The summed E-state index contributed by atoms with van der Waals surface area (Å²) in [6, 6.07) is 7.25. The summed E-state index contributed by atoms with van der Waals surface area (Å²) in [5, 5.41) is 9.97. The highest BCUT2D eigenvalue weighted by molar-refractivity contribution is 5.51. The van der Waals surface area contributed by atoms with Gasteiger partial charge in [0.2, 0.25) is 0 Å². The van der Waals surface area contributed by atoms with Crippen molar-refractivity contribution in [2.45, 2.75) is 26.5 Å². The highest BCUT2D eigenvalue weighted by Gasteiger charge is 2.10. The van der Waals surface area contributed by atoms with Crippen LogP contribution in [-0.2, 0) is 6.54 Å². The zero-order valence-corrected chi connectivity index (χ0v) is 11.2. The second-order valence-corrected chi connectivity index (χ2v) is 4.57. The van der Waals surface area contributed by atoms with Gasteiger partial charge in [-0.25, -0.2) is 4.98 Å². The van der Waals surface area contributed by atoms with Crippen LogP contribution in [0, 0.1) is 13.8 Å². The fourth-order valence-electron chi connectivity index (χ4n) is 1.81. The van der Waals surface area contributed by atoms with E-state index in [0.717, 1.165) is 11.4 Å². The van der Waals surface area contributed by atoms with Gasteiger partial charge < -0.3 is 20.1 Å². The number of hydrogen-bond donors (Lipinski definition) is 2. The van der Waals surface area contributed by atoms with Gasteiger partial charge in [-0.3, -0.25) is 0 Å². The standard InChI is InChI=1S/C14H19N3O2/c1-10-11(2)17(9-16-10)7-12(18)8-19-14-6-4-3-5-13(14)15/h3-6,9,12,18H,7-8,15H2,1-2H3. The Morgan fingerprint density at radius 1 is 1.37 bits per heavy atom. The van der Waals surface area contributed by atoms with E-state index in [9.17, 15) is 5.11 Å². The Labute approximate surface area is 112 Å². The molecule has 5 heteroatoms. The smallest absolute Gasteiger partial charge is 0.142 e. The molecule has 2 rings (SSSR count). The number of hydrogen-bond acceptors (Lipinski definition) is 4. The molecule has 1 aromatic carbocycles. The number of nitrogen functional groups attached to an aromatic ring is 1. The summed E-state index contributed by atoms with van der Waals surface area (Å²) in [6.45, 7) is 4.58. The summed E-state index contributed by atoms with van der Waals surface area (Å²) in [4.78, 5) is 4.19. The Balaban J connectivity index is 1.90. The van der Waals surface area contributed by atoms with E-state index in [2.05, 4.69) is 4.98 Å². The van der Waals surface area contributed by atoms with Crippen molar-refractivity contribution in [2.75, 3.05) is 12.3 Å². The normalized spacial score (nSPS) is 12.4. The highest BCUT2D eigenvalue weighted by atomic mass is 16.5. The van der Waals surface area contributed by atoms with Crippen LogP contribution in [0.4, 0.5) is 5.69 Å². The Bertz CT molecular complexity index is 551.